The molecule has 0 aromatic heterocycles. The van der Waals surface area contributed by atoms with E-state index in [0.717, 1.165) is 32.0 Å². The fourth-order valence-electron chi connectivity index (χ4n) is 3.84. The van der Waals surface area contributed by atoms with Crippen molar-refractivity contribution >= 4 is 23.4 Å². The smallest absolute Gasteiger partial charge is 0.296 e. The Hall–Kier alpha value is -2.47. The zero-order valence-electron chi connectivity index (χ0n) is 17.9. The number of nitrogens with one attached hydrogen (secondary N) is 2. The minimum absolute atomic E-state index is 0.0886. The van der Waals surface area contributed by atoms with Gasteiger partial charge in [-0.1, -0.05) is 19.8 Å². The first-order valence-electron chi connectivity index (χ1n) is 10.6. The summed E-state index contributed by atoms with van der Waals surface area (Å²) in [7, 11) is 0. The Balaban J connectivity index is 1.70. The fourth-order valence-corrected chi connectivity index (χ4v) is 3.84. The summed E-state index contributed by atoms with van der Waals surface area (Å²) >= 11 is 0. The monoisotopic (exact) mass is 438 g/mol. The topological polar surface area (TPSA) is 170 Å². The van der Waals surface area contributed by atoms with Crippen LogP contribution in [0.25, 0.3) is 0 Å². The number of nitro groups is 1. The quantitative estimate of drug-likeness (QED) is 0.0913. The summed E-state index contributed by atoms with van der Waals surface area (Å²) in [5.41, 5.74) is 8.51. The van der Waals surface area contributed by atoms with Gasteiger partial charge in [0.2, 0.25) is 0 Å². The van der Waals surface area contributed by atoms with Crippen molar-refractivity contribution in [3.8, 4) is 0 Å². The van der Waals surface area contributed by atoms with Crippen LogP contribution in [-0.2, 0) is 0 Å². The summed E-state index contributed by atoms with van der Waals surface area (Å²) in [5.74, 6) is -0.242. The molecule has 4 unspecified atom stereocenters. The Kier molecular flexibility index (Phi) is 9.92. The summed E-state index contributed by atoms with van der Waals surface area (Å²) in [6, 6.07) is 4.44. The summed E-state index contributed by atoms with van der Waals surface area (Å²) in [5, 5.41) is 47.9. The fraction of sp³-hybridized carbons (Fsp3) is 0.650. The number of hydrogen-bond acceptors (Lipinski definition) is 9. The normalized spacial score (nSPS) is 24.4. The molecule has 174 valence electrons. The van der Waals surface area contributed by atoms with Gasteiger partial charge in [-0.15, -0.1) is 0 Å². The maximum atomic E-state index is 11.2. The van der Waals surface area contributed by atoms with Crippen LogP contribution < -0.4 is 16.5 Å². The zero-order chi connectivity index (χ0) is 22.8. The molecule has 1 fully saturated rings. The number of piperidine rings is 1. The molecule has 0 amide bonds. The van der Waals surface area contributed by atoms with E-state index in [1.165, 1.54) is 6.07 Å². The third-order valence-electron chi connectivity index (χ3n) is 5.77. The first kappa shape index (κ1) is 24.8. The first-order valence-corrected chi connectivity index (χ1v) is 10.6. The second-order valence-electron chi connectivity index (χ2n) is 7.88. The van der Waals surface area contributed by atoms with Crippen LogP contribution in [0.2, 0.25) is 0 Å². The molecule has 2 rings (SSSR count). The van der Waals surface area contributed by atoms with Crippen LogP contribution in [0.4, 0.5) is 17.1 Å². The van der Waals surface area contributed by atoms with Crippen molar-refractivity contribution in [1.29, 1.82) is 0 Å². The maximum Gasteiger partial charge on any atom is 0.296 e. The number of nitrogens with zero attached hydrogens (tertiary/aromatic N) is 3. The predicted molar refractivity (Wildman–Crippen MR) is 120 cm³/mol. The third-order valence-corrected chi connectivity index (χ3v) is 5.77. The molecule has 1 aliphatic rings. The summed E-state index contributed by atoms with van der Waals surface area (Å²) in [6.07, 6.45) is 3.45. The Labute approximate surface area is 182 Å². The number of anilines is 2. The molecular weight excluding hydrogens is 404 g/mol. The number of unbranched alkanes of at least 4 members (excludes halogenated alkanes) is 3. The van der Waals surface area contributed by atoms with Gasteiger partial charge in [-0.2, -0.15) is 5.10 Å². The molecule has 4 atom stereocenters. The number of hydrazone groups is 1. The van der Waals surface area contributed by atoms with E-state index in [1.54, 1.807) is 19.1 Å². The van der Waals surface area contributed by atoms with Gasteiger partial charge in [-0.05, 0) is 31.5 Å². The first-order chi connectivity index (χ1) is 14.9. The van der Waals surface area contributed by atoms with Crippen LogP contribution in [-0.4, -0.2) is 76.0 Å². The van der Waals surface area contributed by atoms with Gasteiger partial charge >= 0.3 is 0 Å². The Morgan fingerprint density at radius 2 is 2.06 bits per heavy atom. The lowest BCUT2D eigenvalue weighted by molar-refractivity contribution is -0.383. The van der Waals surface area contributed by atoms with E-state index in [2.05, 4.69) is 15.8 Å². The highest BCUT2D eigenvalue weighted by molar-refractivity contribution is 5.68. The van der Waals surface area contributed by atoms with E-state index in [1.807, 2.05) is 4.90 Å². The number of likely N-dealkylation sites (tertiary alicyclic amines) is 1. The van der Waals surface area contributed by atoms with Crippen molar-refractivity contribution in [2.75, 3.05) is 37.0 Å². The van der Waals surface area contributed by atoms with Gasteiger partial charge in [0.15, 0.2) is 0 Å². The molecule has 11 heteroatoms. The largest absolute Gasteiger partial charge is 0.395 e. The van der Waals surface area contributed by atoms with Crippen molar-refractivity contribution in [2.24, 2.45) is 16.8 Å². The van der Waals surface area contributed by atoms with E-state index in [-0.39, 0.29) is 29.9 Å². The van der Waals surface area contributed by atoms with Crippen LogP contribution in [0.5, 0.6) is 0 Å². The highest BCUT2D eigenvalue weighted by Crippen LogP contribution is 2.28. The van der Waals surface area contributed by atoms with Crippen LogP contribution in [0.1, 0.15) is 32.6 Å². The molecule has 7 N–H and O–H groups in total. The number of aliphatic hydroxyl groups is 3. The average molecular weight is 439 g/mol. The average Bonchev–Trinajstić information content (AvgIpc) is 2.75. The molecule has 0 spiro atoms. The van der Waals surface area contributed by atoms with Crippen LogP contribution in [0.3, 0.4) is 0 Å². The molecule has 1 saturated heterocycles. The zero-order valence-corrected chi connectivity index (χ0v) is 17.9. The number of rotatable bonds is 12. The number of β-amino-alcohol motifs (C(OH)–C–C–N with tert-alkyl or cyclic N) is 1. The van der Waals surface area contributed by atoms with E-state index in [9.17, 15) is 25.4 Å². The van der Waals surface area contributed by atoms with E-state index < -0.39 is 17.1 Å². The molecule has 11 nitrogen and oxygen atoms in total. The van der Waals surface area contributed by atoms with E-state index in [4.69, 9.17) is 5.73 Å². The van der Waals surface area contributed by atoms with Crippen molar-refractivity contribution < 1.29 is 20.2 Å². The summed E-state index contributed by atoms with van der Waals surface area (Å²) in [6.45, 7) is 3.54. The molecule has 1 aliphatic heterocycles. The lowest BCUT2D eigenvalue weighted by Crippen LogP contribution is -2.59. The van der Waals surface area contributed by atoms with Crippen molar-refractivity contribution in [1.82, 2.24) is 4.90 Å². The minimum Gasteiger partial charge on any atom is -0.395 e. The molecule has 1 heterocycles. The molecule has 0 saturated carbocycles. The van der Waals surface area contributed by atoms with Gasteiger partial charge in [0.25, 0.3) is 5.69 Å². The van der Waals surface area contributed by atoms with E-state index in [0.29, 0.717) is 25.3 Å². The summed E-state index contributed by atoms with van der Waals surface area (Å²) in [4.78, 5) is 12.7. The minimum atomic E-state index is -0.731. The van der Waals surface area contributed by atoms with Gasteiger partial charge in [0.1, 0.15) is 12.0 Å². The number of nitrogens with two attached hydrogens (primary N) is 1. The molecule has 0 aliphatic carbocycles. The molecule has 1 aromatic rings. The Morgan fingerprint density at radius 3 is 2.74 bits per heavy atom. The molecule has 0 radical (unpaired) electrons. The Morgan fingerprint density at radius 1 is 1.32 bits per heavy atom. The second kappa shape index (κ2) is 12.4. The maximum absolute atomic E-state index is 11.2. The van der Waals surface area contributed by atoms with Crippen LogP contribution in [0.15, 0.2) is 23.3 Å². The number of nitro benzene ring substituents is 1. The SMILES string of the molecule is CC1C(O)CN(CCCCCCNc2ccc(NN=CN)c([N+](=O)[O-])c2)C(CO)C1O. The van der Waals surface area contributed by atoms with Gasteiger partial charge in [0.05, 0.1) is 29.8 Å². The van der Waals surface area contributed by atoms with Crippen molar-refractivity contribution in [3.05, 3.63) is 28.3 Å². The standard InChI is InChI=1S/C20H34N6O5/c1-14-19(28)11-25(18(12-27)20(14)29)9-5-3-2-4-8-22-15-6-7-16(24-23-13-21)17(10-15)26(30)31/h6-7,10,13-14,18-20,22,24,27-29H,2-5,8-9,11-12H2,1H3,(H2,21,23). The van der Waals surface area contributed by atoms with Crippen LogP contribution in [0, 0.1) is 16.0 Å². The summed E-state index contributed by atoms with van der Waals surface area (Å²) < 4.78 is 0. The molecular formula is C20H34N6O5. The van der Waals surface area contributed by atoms with Crippen molar-refractivity contribution in [3.63, 3.8) is 0 Å². The number of hydrogen-bond donors (Lipinski definition) is 6. The highest BCUT2D eigenvalue weighted by Gasteiger charge is 2.38. The highest BCUT2D eigenvalue weighted by atomic mass is 16.6. The molecule has 1 aromatic carbocycles. The second-order valence-corrected chi connectivity index (χ2v) is 7.88. The lowest BCUT2D eigenvalue weighted by atomic mass is 9.87. The van der Waals surface area contributed by atoms with Crippen molar-refractivity contribution in [2.45, 2.75) is 50.9 Å². The molecule has 0 bridgehead atoms. The lowest BCUT2D eigenvalue weighted by Gasteiger charge is -2.44. The van der Waals surface area contributed by atoms with Gasteiger partial charge in [-0.25, -0.2) is 0 Å². The third kappa shape index (κ3) is 7.03. The van der Waals surface area contributed by atoms with Gasteiger partial charge in [-0.3, -0.25) is 20.4 Å². The number of benzene rings is 1. The van der Waals surface area contributed by atoms with E-state index >= 15 is 0 Å². The van der Waals surface area contributed by atoms with Gasteiger partial charge in [0, 0.05) is 30.8 Å². The number of aliphatic hydroxyl groups excluding tert-OH is 3. The Bertz CT molecular complexity index is 734. The van der Waals surface area contributed by atoms with Crippen LogP contribution >= 0.6 is 0 Å². The molecule has 31 heavy (non-hydrogen) atoms. The predicted octanol–water partition coefficient (Wildman–Crippen LogP) is 0.915. The van der Waals surface area contributed by atoms with Gasteiger partial charge < -0.3 is 26.4 Å².